The molecule has 1 heterocycles. The number of amides is 1. The lowest BCUT2D eigenvalue weighted by molar-refractivity contribution is -0.121. The van der Waals surface area contributed by atoms with Crippen molar-refractivity contribution in [1.29, 1.82) is 0 Å². The van der Waals surface area contributed by atoms with Gasteiger partial charge in [0.2, 0.25) is 5.91 Å². The third kappa shape index (κ3) is 3.41. The van der Waals surface area contributed by atoms with Gasteiger partial charge in [-0.15, -0.1) is 10.2 Å². The molecule has 0 radical (unpaired) electrons. The van der Waals surface area contributed by atoms with Gasteiger partial charge in [0.05, 0.1) is 0 Å². The minimum absolute atomic E-state index is 0.0730. The van der Waals surface area contributed by atoms with Gasteiger partial charge in [0.15, 0.2) is 0 Å². The van der Waals surface area contributed by atoms with E-state index in [0.29, 0.717) is 18.2 Å². The van der Waals surface area contributed by atoms with Crippen LogP contribution in [-0.2, 0) is 4.79 Å². The second-order valence-corrected chi connectivity index (χ2v) is 3.10. The number of likely N-dealkylation sites (N-methyl/N-ethyl adjacent to an activating group) is 1. The molecule has 1 atom stereocenters. The van der Waals surface area contributed by atoms with Crippen LogP contribution in [0.5, 0.6) is 0 Å². The van der Waals surface area contributed by atoms with Gasteiger partial charge in [0, 0.05) is 6.54 Å². The Balaban J connectivity index is 2.54. The van der Waals surface area contributed by atoms with E-state index >= 15 is 0 Å². The minimum atomic E-state index is -0.345. The van der Waals surface area contributed by atoms with E-state index in [1.165, 1.54) is 0 Å². The number of aromatic nitrogens is 2. The molecule has 1 unspecified atom stereocenters. The number of nitrogens with zero attached hydrogens (tertiary/aromatic N) is 2. The molecular weight excluding hydrogens is 194 g/mol. The van der Waals surface area contributed by atoms with Crippen molar-refractivity contribution in [3.63, 3.8) is 0 Å². The number of carbonyl (C=O) groups is 1. The van der Waals surface area contributed by atoms with Crippen LogP contribution in [0, 0.1) is 0 Å². The highest BCUT2D eigenvalue weighted by molar-refractivity contribution is 5.83. The highest BCUT2D eigenvalue weighted by atomic mass is 16.2. The van der Waals surface area contributed by atoms with Crippen LogP contribution in [0.4, 0.5) is 11.6 Å². The molecule has 1 aromatic rings. The number of carbonyl (C=O) groups excluding carboxylic acids is 1. The van der Waals surface area contributed by atoms with Crippen LogP contribution in [-0.4, -0.2) is 28.7 Å². The number of nitrogens with one attached hydrogen (secondary N) is 2. The Kier molecular flexibility index (Phi) is 3.84. The molecule has 6 nitrogen and oxygen atoms in total. The molecule has 82 valence electrons. The van der Waals surface area contributed by atoms with Crippen molar-refractivity contribution in [2.75, 3.05) is 17.6 Å². The lowest BCUT2D eigenvalue weighted by Gasteiger charge is -2.13. The smallest absolute Gasteiger partial charge is 0.242 e. The first-order valence-electron chi connectivity index (χ1n) is 4.77. The summed E-state index contributed by atoms with van der Waals surface area (Å²) in [5.41, 5.74) is 5.38. The molecule has 0 aromatic carbocycles. The van der Waals surface area contributed by atoms with Gasteiger partial charge < -0.3 is 16.4 Å². The fourth-order valence-corrected chi connectivity index (χ4v) is 1.03. The van der Waals surface area contributed by atoms with Gasteiger partial charge in [-0.25, -0.2) is 0 Å². The van der Waals surface area contributed by atoms with Crippen LogP contribution >= 0.6 is 0 Å². The molecule has 0 aliphatic heterocycles. The highest BCUT2D eigenvalue weighted by Gasteiger charge is 2.11. The summed E-state index contributed by atoms with van der Waals surface area (Å²) in [5.74, 6) is 0.810. The molecule has 15 heavy (non-hydrogen) atoms. The summed E-state index contributed by atoms with van der Waals surface area (Å²) >= 11 is 0. The van der Waals surface area contributed by atoms with Crippen LogP contribution in [0.3, 0.4) is 0 Å². The van der Waals surface area contributed by atoms with Crippen molar-refractivity contribution >= 4 is 17.5 Å². The number of nitrogens with two attached hydrogens (primary N) is 1. The Morgan fingerprint density at radius 3 is 2.80 bits per heavy atom. The van der Waals surface area contributed by atoms with E-state index < -0.39 is 0 Å². The zero-order valence-electron chi connectivity index (χ0n) is 8.82. The fraction of sp³-hybridized carbons (Fsp3) is 0.444. The van der Waals surface area contributed by atoms with E-state index in [-0.39, 0.29) is 11.9 Å². The van der Waals surface area contributed by atoms with Crippen molar-refractivity contribution in [3.8, 4) is 0 Å². The van der Waals surface area contributed by atoms with E-state index in [4.69, 9.17) is 5.73 Å². The number of rotatable bonds is 4. The van der Waals surface area contributed by atoms with Crippen molar-refractivity contribution < 1.29 is 4.79 Å². The normalized spacial score (nSPS) is 11.9. The molecule has 0 aliphatic carbocycles. The van der Waals surface area contributed by atoms with Gasteiger partial charge in [-0.05, 0) is 26.0 Å². The molecule has 1 amide bonds. The Labute approximate surface area is 88.3 Å². The van der Waals surface area contributed by atoms with Crippen molar-refractivity contribution in [3.05, 3.63) is 12.1 Å². The minimum Gasteiger partial charge on any atom is -0.382 e. The predicted octanol–water partition coefficient (Wildman–Crippen LogP) is -0.00470. The van der Waals surface area contributed by atoms with E-state index in [9.17, 15) is 4.79 Å². The number of hydrogen-bond acceptors (Lipinski definition) is 5. The molecule has 6 heteroatoms. The summed E-state index contributed by atoms with van der Waals surface area (Å²) in [6.07, 6.45) is 0. The Hall–Kier alpha value is -1.85. The highest BCUT2D eigenvalue weighted by Crippen LogP contribution is 2.04. The fourth-order valence-electron chi connectivity index (χ4n) is 1.03. The Bertz CT molecular complexity index is 324. The average Bonchev–Trinajstić information content (AvgIpc) is 2.22. The average molecular weight is 209 g/mol. The van der Waals surface area contributed by atoms with Gasteiger partial charge in [-0.1, -0.05) is 0 Å². The van der Waals surface area contributed by atoms with Gasteiger partial charge in [-0.2, -0.15) is 0 Å². The van der Waals surface area contributed by atoms with Crippen LogP contribution in [0.25, 0.3) is 0 Å². The molecule has 0 saturated carbocycles. The molecule has 4 N–H and O–H groups in total. The Morgan fingerprint density at radius 1 is 1.53 bits per heavy atom. The number of nitrogen functional groups attached to an aromatic ring is 1. The van der Waals surface area contributed by atoms with Crippen LogP contribution in [0.1, 0.15) is 13.8 Å². The van der Waals surface area contributed by atoms with E-state index in [1.807, 2.05) is 6.92 Å². The van der Waals surface area contributed by atoms with Crippen LogP contribution < -0.4 is 16.4 Å². The Morgan fingerprint density at radius 2 is 2.27 bits per heavy atom. The second-order valence-electron chi connectivity index (χ2n) is 3.10. The molecule has 0 saturated heterocycles. The van der Waals surface area contributed by atoms with E-state index in [0.717, 1.165) is 0 Å². The van der Waals surface area contributed by atoms with Crippen molar-refractivity contribution in [2.45, 2.75) is 19.9 Å². The second kappa shape index (κ2) is 5.14. The summed E-state index contributed by atoms with van der Waals surface area (Å²) in [4.78, 5) is 11.4. The summed E-state index contributed by atoms with van der Waals surface area (Å²) in [7, 11) is 0. The van der Waals surface area contributed by atoms with Crippen molar-refractivity contribution in [1.82, 2.24) is 15.5 Å². The zero-order chi connectivity index (χ0) is 11.3. The van der Waals surface area contributed by atoms with E-state index in [2.05, 4.69) is 20.8 Å². The SMILES string of the molecule is CCNC(=O)C(C)Nc1ccc(N)nn1. The van der Waals surface area contributed by atoms with Gasteiger partial charge >= 0.3 is 0 Å². The quantitative estimate of drug-likeness (QED) is 0.648. The maximum Gasteiger partial charge on any atom is 0.242 e. The van der Waals surface area contributed by atoms with Crippen molar-refractivity contribution in [2.24, 2.45) is 0 Å². The first-order valence-corrected chi connectivity index (χ1v) is 4.77. The molecule has 1 aromatic heterocycles. The molecular formula is C9H15N5O. The van der Waals surface area contributed by atoms with E-state index in [1.54, 1.807) is 19.1 Å². The third-order valence-corrected chi connectivity index (χ3v) is 1.79. The summed E-state index contributed by atoms with van der Waals surface area (Å²) in [6.45, 7) is 4.23. The molecule has 0 fully saturated rings. The topological polar surface area (TPSA) is 92.9 Å². The summed E-state index contributed by atoms with van der Waals surface area (Å²) < 4.78 is 0. The van der Waals surface area contributed by atoms with Crippen LogP contribution in [0.2, 0.25) is 0 Å². The lowest BCUT2D eigenvalue weighted by atomic mass is 10.3. The lowest BCUT2D eigenvalue weighted by Crippen LogP contribution is -2.37. The largest absolute Gasteiger partial charge is 0.382 e. The predicted molar refractivity (Wildman–Crippen MR) is 58.2 cm³/mol. The first kappa shape index (κ1) is 11.2. The number of hydrogen-bond donors (Lipinski definition) is 3. The van der Waals surface area contributed by atoms with Gasteiger partial charge in [0.1, 0.15) is 17.7 Å². The maximum atomic E-state index is 11.4. The summed E-state index contributed by atoms with van der Waals surface area (Å²) in [5, 5.41) is 13.1. The third-order valence-electron chi connectivity index (χ3n) is 1.79. The standard InChI is InChI=1S/C9H15N5O/c1-3-11-9(15)6(2)12-8-5-4-7(10)13-14-8/h4-6H,3H2,1-2H3,(H2,10,13)(H,11,15)(H,12,14). The molecule has 1 rings (SSSR count). The number of anilines is 2. The first-order chi connectivity index (χ1) is 7.13. The zero-order valence-corrected chi connectivity index (χ0v) is 8.82. The summed E-state index contributed by atoms with van der Waals surface area (Å²) in [6, 6.07) is 2.96. The van der Waals surface area contributed by atoms with Gasteiger partial charge in [0.25, 0.3) is 0 Å². The molecule has 0 spiro atoms. The maximum absolute atomic E-state index is 11.4. The molecule has 0 aliphatic rings. The molecule has 0 bridgehead atoms. The monoisotopic (exact) mass is 209 g/mol. The van der Waals surface area contributed by atoms with Gasteiger partial charge in [-0.3, -0.25) is 4.79 Å². The van der Waals surface area contributed by atoms with Crippen LogP contribution in [0.15, 0.2) is 12.1 Å².